The summed E-state index contributed by atoms with van der Waals surface area (Å²) in [5.74, 6) is -2.13. The minimum Gasteiger partial charge on any atom is -0.348 e. The fourth-order valence-corrected chi connectivity index (χ4v) is 2.51. The molecule has 9 heteroatoms. The van der Waals surface area contributed by atoms with E-state index in [1.807, 2.05) is 5.32 Å². The minimum atomic E-state index is -4.64. The molecule has 2 N–H and O–H groups in total. The van der Waals surface area contributed by atoms with Crippen molar-refractivity contribution in [2.24, 2.45) is 0 Å². The summed E-state index contributed by atoms with van der Waals surface area (Å²) in [4.78, 5) is 36.5. The fraction of sp³-hybridized carbons (Fsp3) is 0.438. The van der Waals surface area contributed by atoms with Crippen molar-refractivity contribution in [1.82, 2.24) is 10.2 Å². The van der Waals surface area contributed by atoms with Crippen LogP contribution >= 0.6 is 0 Å². The summed E-state index contributed by atoms with van der Waals surface area (Å²) in [7, 11) is 0. The van der Waals surface area contributed by atoms with Gasteiger partial charge in [-0.05, 0) is 25.0 Å². The van der Waals surface area contributed by atoms with Gasteiger partial charge in [0.1, 0.15) is 0 Å². The van der Waals surface area contributed by atoms with Crippen LogP contribution in [0.25, 0.3) is 0 Å². The molecule has 0 radical (unpaired) electrons. The zero-order valence-electron chi connectivity index (χ0n) is 13.4. The fourth-order valence-electron chi connectivity index (χ4n) is 2.51. The van der Waals surface area contributed by atoms with Crippen LogP contribution in [0.15, 0.2) is 24.3 Å². The quantitative estimate of drug-likeness (QED) is 0.623. The first-order valence-corrected chi connectivity index (χ1v) is 7.82. The van der Waals surface area contributed by atoms with Crippen LogP contribution in [-0.2, 0) is 20.6 Å². The number of nitrogens with zero attached hydrogens (tertiary/aromatic N) is 1. The molecular formula is C16H18F3N3O3. The SMILES string of the molecule is O=C(NCCCN1CCCC1=O)C(=O)Nc1ccccc1C(F)(F)F. The molecule has 1 saturated heterocycles. The van der Waals surface area contributed by atoms with Gasteiger partial charge in [0.2, 0.25) is 5.91 Å². The summed E-state index contributed by atoms with van der Waals surface area (Å²) in [6, 6.07) is 4.42. The summed E-state index contributed by atoms with van der Waals surface area (Å²) in [6.07, 6.45) is -2.84. The third-order valence-electron chi connectivity index (χ3n) is 3.75. The van der Waals surface area contributed by atoms with Gasteiger partial charge in [-0.3, -0.25) is 14.4 Å². The minimum absolute atomic E-state index is 0.0628. The number of likely N-dealkylation sites (tertiary alicyclic amines) is 1. The van der Waals surface area contributed by atoms with Gasteiger partial charge in [-0.2, -0.15) is 13.2 Å². The van der Waals surface area contributed by atoms with Crippen LogP contribution in [0.5, 0.6) is 0 Å². The largest absolute Gasteiger partial charge is 0.418 e. The average Bonchev–Trinajstić information content (AvgIpc) is 2.96. The molecule has 136 valence electrons. The number of anilines is 1. The van der Waals surface area contributed by atoms with Crippen LogP contribution in [0.4, 0.5) is 18.9 Å². The third-order valence-corrected chi connectivity index (χ3v) is 3.75. The first-order valence-electron chi connectivity index (χ1n) is 7.82. The second-order valence-corrected chi connectivity index (χ2v) is 5.59. The van der Waals surface area contributed by atoms with E-state index in [-0.39, 0.29) is 12.5 Å². The highest BCUT2D eigenvalue weighted by Crippen LogP contribution is 2.34. The van der Waals surface area contributed by atoms with Gasteiger partial charge in [-0.25, -0.2) is 0 Å². The maximum Gasteiger partial charge on any atom is 0.418 e. The monoisotopic (exact) mass is 357 g/mol. The van der Waals surface area contributed by atoms with Crippen molar-refractivity contribution in [3.8, 4) is 0 Å². The van der Waals surface area contributed by atoms with Crippen molar-refractivity contribution in [1.29, 1.82) is 0 Å². The van der Waals surface area contributed by atoms with Crippen LogP contribution in [0.2, 0.25) is 0 Å². The lowest BCUT2D eigenvalue weighted by Gasteiger charge is -2.15. The van der Waals surface area contributed by atoms with E-state index in [2.05, 4.69) is 5.32 Å². The molecule has 0 aliphatic carbocycles. The molecule has 2 rings (SSSR count). The number of hydrogen-bond acceptors (Lipinski definition) is 3. The Labute approximate surface area is 142 Å². The maximum atomic E-state index is 12.8. The number of benzene rings is 1. The Hall–Kier alpha value is -2.58. The Balaban J connectivity index is 1.81. The predicted molar refractivity (Wildman–Crippen MR) is 83.5 cm³/mol. The zero-order valence-corrected chi connectivity index (χ0v) is 13.4. The Bertz CT molecular complexity index is 662. The summed E-state index contributed by atoms with van der Waals surface area (Å²) < 4.78 is 38.5. The standard InChI is InChI=1S/C16H18F3N3O3/c17-16(18,19)11-5-1-2-6-12(11)21-15(25)14(24)20-8-4-10-22-9-3-7-13(22)23/h1-2,5-6H,3-4,7-10H2,(H,20,24)(H,21,25). The topological polar surface area (TPSA) is 78.5 Å². The van der Waals surface area contributed by atoms with E-state index in [9.17, 15) is 27.6 Å². The molecule has 0 spiro atoms. The Morgan fingerprint density at radius 3 is 2.52 bits per heavy atom. The van der Waals surface area contributed by atoms with Crippen molar-refractivity contribution < 1.29 is 27.6 Å². The smallest absolute Gasteiger partial charge is 0.348 e. The van der Waals surface area contributed by atoms with E-state index < -0.39 is 29.2 Å². The molecule has 1 aliphatic heterocycles. The number of hydrogen-bond donors (Lipinski definition) is 2. The maximum absolute atomic E-state index is 12.8. The molecule has 0 saturated carbocycles. The van der Waals surface area contributed by atoms with E-state index in [0.29, 0.717) is 25.9 Å². The van der Waals surface area contributed by atoms with Gasteiger partial charge < -0.3 is 15.5 Å². The third kappa shape index (κ3) is 5.20. The molecule has 3 amide bonds. The van der Waals surface area contributed by atoms with E-state index in [0.717, 1.165) is 18.6 Å². The number of halogens is 3. The van der Waals surface area contributed by atoms with Crippen molar-refractivity contribution in [2.45, 2.75) is 25.4 Å². The van der Waals surface area contributed by atoms with Crippen molar-refractivity contribution >= 4 is 23.4 Å². The van der Waals surface area contributed by atoms with E-state index in [1.54, 1.807) is 4.90 Å². The molecule has 6 nitrogen and oxygen atoms in total. The summed E-state index contributed by atoms with van der Waals surface area (Å²) in [5.41, 5.74) is -1.50. The zero-order chi connectivity index (χ0) is 18.4. The Kier molecular flexibility index (Phi) is 6.00. The highest BCUT2D eigenvalue weighted by atomic mass is 19.4. The van der Waals surface area contributed by atoms with Crippen LogP contribution in [0.3, 0.4) is 0 Å². The van der Waals surface area contributed by atoms with Gasteiger partial charge >= 0.3 is 18.0 Å². The first-order chi connectivity index (χ1) is 11.8. The van der Waals surface area contributed by atoms with Crippen molar-refractivity contribution in [2.75, 3.05) is 25.0 Å². The number of para-hydroxylation sites is 1. The van der Waals surface area contributed by atoms with E-state index >= 15 is 0 Å². The second-order valence-electron chi connectivity index (χ2n) is 5.59. The number of alkyl halides is 3. The number of carbonyl (C=O) groups is 3. The van der Waals surface area contributed by atoms with Crippen molar-refractivity contribution in [3.63, 3.8) is 0 Å². The lowest BCUT2D eigenvalue weighted by Crippen LogP contribution is -2.37. The van der Waals surface area contributed by atoms with Crippen molar-refractivity contribution in [3.05, 3.63) is 29.8 Å². The highest BCUT2D eigenvalue weighted by molar-refractivity contribution is 6.39. The van der Waals surface area contributed by atoms with Crippen LogP contribution < -0.4 is 10.6 Å². The molecule has 1 aliphatic rings. The number of rotatable bonds is 5. The van der Waals surface area contributed by atoms with E-state index in [1.165, 1.54) is 12.1 Å². The molecule has 0 bridgehead atoms. The molecule has 1 heterocycles. The Morgan fingerprint density at radius 1 is 1.16 bits per heavy atom. The molecule has 1 aromatic carbocycles. The molecule has 0 aromatic heterocycles. The molecule has 1 aromatic rings. The van der Waals surface area contributed by atoms with Crippen LogP contribution in [-0.4, -0.2) is 42.3 Å². The average molecular weight is 357 g/mol. The van der Waals surface area contributed by atoms with Crippen LogP contribution in [0.1, 0.15) is 24.8 Å². The second kappa shape index (κ2) is 8.00. The van der Waals surface area contributed by atoms with Gasteiger partial charge in [0.15, 0.2) is 0 Å². The molecule has 0 atom stereocenters. The van der Waals surface area contributed by atoms with Gasteiger partial charge in [0.25, 0.3) is 0 Å². The number of amides is 3. The first kappa shape index (κ1) is 18.8. The lowest BCUT2D eigenvalue weighted by molar-refractivity contribution is -0.138. The molecule has 0 unspecified atom stereocenters. The highest BCUT2D eigenvalue weighted by Gasteiger charge is 2.34. The van der Waals surface area contributed by atoms with E-state index in [4.69, 9.17) is 0 Å². The number of carbonyl (C=O) groups excluding carboxylic acids is 3. The normalized spacial score (nSPS) is 14.5. The van der Waals surface area contributed by atoms with Gasteiger partial charge in [0.05, 0.1) is 11.3 Å². The van der Waals surface area contributed by atoms with Gasteiger partial charge in [0, 0.05) is 26.1 Å². The predicted octanol–water partition coefficient (Wildman–Crippen LogP) is 1.77. The molecule has 25 heavy (non-hydrogen) atoms. The van der Waals surface area contributed by atoms with Gasteiger partial charge in [-0.15, -0.1) is 0 Å². The van der Waals surface area contributed by atoms with Crippen LogP contribution in [0, 0.1) is 0 Å². The summed E-state index contributed by atoms with van der Waals surface area (Å²) >= 11 is 0. The summed E-state index contributed by atoms with van der Waals surface area (Å²) in [6.45, 7) is 1.30. The number of nitrogens with one attached hydrogen (secondary N) is 2. The molecular weight excluding hydrogens is 339 g/mol. The lowest BCUT2D eigenvalue weighted by atomic mass is 10.1. The summed E-state index contributed by atoms with van der Waals surface area (Å²) in [5, 5.41) is 4.30. The molecule has 1 fully saturated rings. The van der Waals surface area contributed by atoms with Gasteiger partial charge in [-0.1, -0.05) is 12.1 Å². The Morgan fingerprint density at radius 2 is 1.88 bits per heavy atom.